The van der Waals surface area contributed by atoms with Gasteiger partial charge in [0.15, 0.2) is 16.5 Å². The van der Waals surface area contributed by atoms with Gasteiger partial charge in [-0.2, -0.15) is 0 Å². The lowest BCUT2D eigenvalue weighted by Crippen LogP contribution is -2.48. The van der Waals surface area contributed by atoms with Gasteiger partial charge in [0.2, 0.25) is 0 Å². The largest absolute Gasteiger partial charge is 0.445 e. The molecule has 7 heteroatoms. The van der Waals surface area contributed by atoms with E-state index in [1.54, 1.807) is 30.5 Å². The number of rotatable bonds is 3. The van der Waals surface area contributed by atoms with Crippen molar-refractivity contribution >= 4 is 34.1 Å². The minimum absolute atomic E-state index is 0.175. The van der Waals surface area contributed by atoms with Gasteiger partial charge in [-0.3, -0.25) is 14.9 Å². The van der Waals surface area contributed by atoms with Crippen LogP contribution in [-0.2, 0) is 16.0 Å². The monoisotopic (exact) mass is 330 g/mol. The summed E-state index contributed by atoms with van der Waals surface area (Å²) in [6.07, 6.45) is 0.283. The number of amides is 1. The number of ether oxygens (including phenoxy) is 1. The van der Waals surface area contributed by atoms with Crippen molar-refractivity contribution in [2.45, 2.75) is 25.9 Å². The Labute approximate surface area is 136 Å². The Hall–Kier alpha value is -2.54. The van der Waals surface area contributed by atoms with E-state index in [4.69, 9.17) is 4.74 Å². The van der Waals surface area contributed by atoms with E-state index in [1.165, 1.54) is 6.92 Å². The number of esters is 1. The third-order valence-corrected chi connectivity index (χ3v) is 4.41. The van der Waals surface area contributed by atoms with Crippen molar-refractivity contribution in [2.75, 3.05) is 5.32 Å². The first-order valence-electron chi connectivity index (χ1n) is 6.98. The summed E-state index contributed by atoms with van der Waals surface area (Å²) >= 11 is 1.15. The van der Waals surface area contributed by atoms with Gasteiger partial charge in [0.25, 0.3) is 5.91 Å². The number of fused-ring (bicyclic) bond motifs is 1. The smallest absolute Gasteiger partial charge is 0.339 e. The van der Waals surface area contributed by atoms with E-state index in [0.717, 1.165) is 16.9 Å². The molecule has 0 saturated carbocycles. The van der Waals surface area contributed by atoms with Gasteiger partial charge < -0.3 is 4.74 Å². The number of carbonyl (C=O) groups is 3. The topological polar surface area (TPSA) is 85.4 Å². The Morgan fingerprint density at radius 1 is 1.35 bits per heavy atom. The second-order valence-corrected chi connectivity index (χ2v) is 6.36. The first-order valence-corrected chi connectivity index (χ1v) is 7.86. The SMILES string of the molecule is CC(=O)c1csc(NC(=O)C2(C)Cc3ccccc3C(=O)O2)n1. The quantitative estimate of drug-likeness (QED) is 0.690. The molecule has 1 atom stereocenters. The summed E-state index contributed by atoms with van der Waals surface area (Å²) < 4.78 is 5.35. The normalized spacial score (nSPS) is 19.7. The molecule has 23 heavy (non-hydrogen) atoms. The molecule has 2 heterocycles. The van der Waals surface area contributed by atoms with E-state index in [2.05, 4.69) is 10.3 Å². The van der Waals surface area contributed by atoms with Gasteiger partial charge in [-0.1, -0.05) is 18.2 Å². The third kappa shape index (κ3) is 2.87. The molecule has 0 radical (unpaired) electrons. The van der Waals surface area contributed by atoms with Crippen molar-refractivity contribution in [2.24, 2.45) is 0 Å². The predicted octanol–water partition coefficient (Wildman–Crippen LogP) is 2.46. The molecular weight excluding hydrogens is 316 g/mol. The molecule has 1 aromatic carbocycles. The fraction of sp³-hybridized carbons (Fsp3) is 0.250. The summed E-state index contributed by atoms with van der Waals surface area (Å²) in [4.78, 5) is 39.9. The number of aromatic nitrogens is 1. The van der Waals surface area contributed by atoms with Crippen molar-refractivity contribution < 1.29 is 19.1 Å². The molecule has 6 nitrogen and oxygen atoms in total. The Bertz CT molecular complexity index is 814. The zero-order valence-corrected chi connectivity index (χ0v) is 13.4. The van der Waals surface area contributed by atoms with Crippen LogP contribution in [0, 0.1) is 0 Å². The van der Waals surface area contributed by atoms with Gasteiger partial charge in [0.1, 0.15) is 5.69 Å². The van der Waals surface area contributed by atoms with E-state index < -0.39 is 17.5 Å². The van der Waals surface area contributed by atoms with Gasteiger partial charge >= 0.3 is 5.97 Å². The second-order valence-electron chi connectivity index (χ2n) is 5.50. The molecule has 3 rings (SSSR count). The average molecular weight is 330 g/mol. The Morgan fingerprint density at radius 2 is 2.09 bits per heavy atom. The first kappa shape index (κ1) is 15.4. The molecule has 0 fully saturated rings. The summed E-state index contributed by atoms with van der Waals surface area (Å²) in [5.74, 6) is -1.16. The van der Waals surface area contributed by atoms with Gasteiger partial charge in [-0.05, 0) is 18.6 Å². The number of nitrogens with one attached hydrogen (secondary N) is 1. The maximum absolute atomic E-state index is 12.5. The number of hydrogen-bond acceptors (Lipinski definition) is 6. The van der Waals surface area contributed by atoms with Crippen molar-refractivity contribution in [3.8, 4) is 0 Å². The minimum Gasteiger partial charge on any atom is -0.445 e. The van der Waals surface area contributed by atoms with Crippen LogP contribution >= 0.6 is 11.3 Å². The molecule has 1 amide bonds. The summed E-state index contributed by atoms with van der Waals surface area (Å²) in [7, 11) is 0. The fourth-order valence-electron chi connectivity index (χ4n) is 2.38. The number of nitrogens with zero attached hydrogens (tertiary/aromatic N) is 1. The molecule has 1 unspecified atom stereocenters. The van der Waals surface area contributed by atoms with E-state index in [-0.39, 0.29) is 12.2 Å². The molecule has 0 spiro atoms. The molecule has 2 aromatic rings. The third-order valence-electron chi connectivity index (χ3n) is 3.65. The van der Waals surface area contributed by atoms with Gasteiger partial charge in [-0.25, -0.2) is 9.78 Å². The molecule has 1 N–H and O–H groups in total. The predicted molar refractivity (Wildman–Crippen MR) is 84.7 cm³/mol. The molecule has 118 valence electrons. The number of benzene rings is 1. The van der Waals surface area contributed by atoms with Crippen LogP contribution in [0.5, 0.6) is 0 Å². The molecule has 1 aliphatic heterocycles. The van der Waals surface area contributed by atoms with Gasteiger partial charge in [-0.15, -0.1) is 11.3 Å². The molecular formula is C16H14N2O4S. The van der Waals surface area contributed by atoms with Crippen LogP contribution in [0.1, 0.15) is 40.3 Å². The fourth-order valence-corrected chi connectivity index (χ4v) is 3.13. The van der Waals surface area contributed by atoms with Gasteiger partial charge in [0, 0.05) is 18.7 Å². The summed E-state index contributed by atoms with van der Waals surface area (Å²) in [5, 5.41) is 4.49. The van der Waals surface area contributed by atoms with Crippen molar-refractivity contribution in [1.29, 1.82) is 0 Å². The maximum Gasteiger partial charge on any atom is 0.339 e. The van der Waals surface area contributed by atoms with Crippen molar-refractivity contribution in [3.63, 3.8) is 0 Å². The lowest BCUT2D eigenvalue weighted by Gasteiger charge is -2.32. The Kier molecular flexibility index (Phi) is 3.73. The van der Waals surface area contributed by atoms with E-state index >= 15 is 0 Å². The molecule has 1 aromatic heterocycles. The highest BCUT2D eigenvalue weighted by Gasteiger charge is 2.42. The number of cyclic esters (lactones) is 1. The first-order chi connectivity index (χ1) is 10.9. The Balaban J connectivity index is 1.81. The minimum atomic E-state index is -1.31. The lowest BCUT2D eigenvalue weighted by atomic mass is 9.89. The van der Waals surface area contributed by atoms with Gasteiger partial charge in [0.05, 0.1) is 5.56 Å². The van der Waals surface area contributed by atoms with Crippen molar-refractivity contribution in [1.82, 2.24) is 4.98 Å². The van der Waals surface area contributed by atoms with Crippen LogP contribution in [-0.4, -0.2) is 28.2 Å². The van der Waals surface area contributed by atoms with E-state index in [0.29, 0.717) is 16.4 Å². The van der Waals surface area contributed by atoms with Crippen LogP contribution < -0.4 is 5.32 Å². The van der Waals surface area contributed by atoms with E-state index in [9.17, 15) is 14.4 Å². The number of ketones is 1. The van der Waals surface area contributed by atoms with Crippen LogP contribution in [0.15, 0.2) is 29.6 Å². The lowest BCUT2D eigenvalue weighted by molar-refractivity contribution is -0.134. The number of hydrogen-bond donors (Lipinski definition) is 1. The van der Waals surface area contributed by atoms with Crippen molar-refractivity contribution in [3.05, 3.63) is 46.5 Å². The maximum atomic E-state index is 12.5. The number of carbonyl (C=O) groups excluding carboxylic acids is 3. The second kappa shape index (κ2) is 5.58. The van der Waals surface area contributed by atoms with Crippen LogP contribution in [0.3, 0.4) is 0 Å². The van der Waals surface area contributed by atoms with Crippen LogP contribution in [0.4, 0.5) is 5.13 Å². The highest BCUT2D eigenvalue weighted by Crippen LogP contribution is 2.29. The zero-order chi connectivity index (χ0) is 16.6. The van der Waals surface area contributed by atoms with Crippen LogP contribution in [0.2, 0.25) is 0 Å². The molecule has 1 aliphatic rings. The average Bonchev–Trinajstić information content (AvgIpc) is 2.96. The number of thiazole rings is 1. The van der Waals surface area contributed by atoms with Crippen LogP contribution in [0.25, 0.3) is 0 Å². The standard InChI is InChI=1S/C16H14N2O4S/c1-9(19)12-8-23-15(17-12)18-14(21)16(2)7-10-5-3-4-6-11(10)13(20)22-16/h3-6,8H,7H2,1-2H3,(H,17,18,21). The summed E-state index contributed by atoms with van der Waals surface area (Å²) in [6, 6.07) is 7.05. The molecule has 0 bridgehead atoms. The number of anilines is 1. The molecule has 0 aliphatic carbocycles. The van der Waals surface area contributed by atoms with E-state index in [1.807, 2.05) is 6.07 Å². The number of Topliss-reactive ketones (excluding diaryl/α,β-unsaturated/α-hetero) is 1. The zero-order valence-electron chi connectivity index (χ0n) is 12.6. The highest BCUT2D eigenvalue weighted by atomic mass is 32.1. The Morgan fingerprint density at radius 3 is 2.78 bits per heavy atom. The summed E-state index contributed by atoms with van der Waals surface area (Å²) in [6.45, 7) is 2.97. The highest BCUT2D eigenvalue weighted by molar-refractivity contribution is 7.14. The molecule has 0 saturated heterocycles. The summed E-state index contributed by atoms with van der Waals surface area (Å²) in [5.41, 5.74) is 0.227.